The third-order valence-corrected chi connectivity index (χ3v) is 23.4. The topological polar surface area (TPSA) is 316 Å². The van der Waals surface area contributed by atoms with E-state index in [4.69, 9.17) is 23.2 Å². The number of aliphatic hydroxyl groups is 2. The van der Waals surface area contributed by atoms with E-state index in [0.717, 1.165) is 114 Å². The maximum absolute atomic E-state index is 13.2. The van der Waals surface area contributed by atoms with E-state index in [1.54, 1.807) is 123 Å². The van der Waals surface area contributed by atoms with E-state index < -0.39 is 44.6 Å². The number of aryl methyl sites for hydroxylation is 1. The molecule has 23 nitrogen and oxygen atoms in total. The van der Waals surface area contributed by atoms with Gasteiger partial charge in [-0.1, -0.05) is 225 Å². The molecule has 7 aromatic carbocycles. The molecule has 0 spiro atoms. The number of aromatic nitrogens is 11. The summed E-state index contributed by atoms with van der Waals surface area (Å²) in [5, 5.41) is 68.7. The third-order valence-electron chi connectivity index (χ3n) is 21.2. The van der Waals surface area contributed by atoms with E-state index in [-0.39, 0.29) is 164 Å². The molecule has 0 bridgehead atoms. The first-order valence-corrected chi connectivity index (χ1v) is 46.9. The molecule has 33 heteroatoms. The van der Waals surface area contributed by atoms with Gasteiger partial charge in [-0.05, 0) is 168 Å². The smallest absolute Gasteiger partial charge is 0.574 e. The van der Waals surface area contributed by atoms with Crippen molar-refractivity contribution in [3.63, 3.8) is 0 Å². The average Bonchev–Trinajstić information content (AvgIpc) is 1.62. The van der Waals surface area contributed by atoms with Gasteiger partial charge in [0.05, 0.1) is 57.3 Å². The molecule has 10 aromatic heterocycles. The monoisotopic (exact) mass is 2650 g/mol. The van der Waals surface area contributed by atoms with Crippen molar-refractivity contribution >= 4 is 93.6 Å². The van der Waals surface area contributed by atoms with Gasteiger partial charge in [0.2, 0.25) is 0 Å². The van der Waals surface area contributed by atoms with Crippen molar-refractivity contribution in [1.82, 2.24) is 55.3 Å². The number of hydrogen-bond donors (Lipinski definition) is 2. The Morgan fingerprint density at radius 3 is 1.45 bits per heavy atom. The Labute approximate surface area is 924 Å². The molecule has 1 amide bonds. The predicted molar refractivity (Wildman–Crippen MR) is 547 cm³/mol. The summed E-state index contributed by atoms with van der Waals surface area (Å²) in [6, 6.07) is 92.2. The van der Waals surface area contributed by atoms with Gasteiger partial charge in [-0.3, -0.25) is 47.1 Å². The normalized spacial score (nSPS) is 14.0. The van der Waals surface area contributed by atoms with Crippen LogP contribution < -0.4 is 20.2 Å². The summed E-state index contributed by atoms with van der Waals surface area (Å²) in [6.45, 7) is 25.3. The number of fused-ring (bicyclic) bond motifs is 5. The molecule has 13 heterocycles. The number of benzene rings is 7. The number of halogens is 4. The molecule has 0 aliphatic carbocycles. The van der Waals surface area contributed by atoms with E-state index >= 15 is 0 Å². The Hall–Kier alpha value is -12.7. The second kappa shape index (κ2) is 56.7. The zero-order valence-electron chi connectivity index (χ0n) is 81.3. The van der Waals surface area contributed by atoms with Gasteiger partial charge >= 0.3 is 15.9 Å². The summed E-state index contributed by atoms with van der Waals surface area (Å²) in [6.07, 6.45) is 14.8. The minimum atomic E-state index is -0.997. The van der Waals surface area contributed by atoms with Crippen molar-refractivity contribution in [2.24, 2.45) is 32.4 Å². The van der Waals surface area contributed by atoms with Gasteiger partial charge in [-0.25, -0.2) is 16.3 Å². The molecule has 145 heavy (non-hydrogen) atoms. The van der Waals surface area contributed by atoms with Crippen molar-refractivity contribution in [3.05, 3.63) is 392 Å². The van der Waals surface area contributed by atoms with Crippen molar-refractivity contribution in [2.75, 3.05) is 10.0 Å². The predicted octanol–water partition coefficient (Wildman–Crippen LogP) is 24.8. The van der Waals surface area contributed by atoms with Gasteiger partial charge in [0.1, 0.15) is 23.3 Å². The van der Waals surface area contributed by atoms with Crippen molar-refractivity contribution in [3.8, 4) is 79.3 Å². The molecule has 20 rings (SSSR count). The molecule has 2 N–H and O–H groups in total. The first-order valence-electron chi connectivity index (χ1n) is 44.9. The summed E-state index contributed by atoms with van der Waals surface area (Å²) in [4.78, 5) is 54.0. The van der Waals surface area contributed by atoms with Gasteiger partial charge in [-0.2, -0.15) is 25.7 Å². The van der Waals surface area contributed by atoms with E-state index in [1.807, 2.05) is 199 Å². The fourth-order valence-electron chi connectivity index (χ4n) is 13.9. The SMILES string of the molecule is CC(C)(C)C(=O)C=C(O)C(C)(C)C.CC1=NN(c2ccc(C#N)cc2)C2[O][AlH][O]C(CC(C)(C)C)C12.CCC(O)=C1C(=O)N(c2ccccc2)N=C1C.Cc1cc(-c2ccccn2)[n-]n1.Fc1c[c-]c(-c2ccccn2)c(F)c1.Fc1c[c-]c(-c2ccccn2)c(F)c1.N#Cc1ccc(-c2cc(-c3ccccn3)[n-]n2)cc1.[Gd].[Ir].[Ir].[Ir].[c-]1c(-c2ccccn2)sc2ccccc12.c1cnc2c(c1)ccc1cccnc12. The number of nitrogens with zero attached hydrogens (tertiary/aromatic N) is 17. The van der Waals surface area contributed by atoms with Crippen LogP contribution in [0.15, 0.2) is 344 Å². The Balaban J connectivity index is 0.000000200. The van der Waals surface area contributed by atoms with Crippen LogP contribution in [-0.2, 0) is 77.5 Å². The molecule has 747 valence electrons. The third kappa shape index (κ3) is 33.9. The van der Waals surface area contributed by atoms with Crippen LogP contribution in [-0.4, -0.2) is 107 Å². The Morgan fingerprint density at radius 2 is 0.993 bits per heavy atom. The van der Waals surface area contributed by atoms with Gasteiger partial charge in [0, 0.05) is 241 Å². The van der Waals surface area contributed by atoms with Gasteiger partial charge < -0.3 is 53.1 Å². The quantitative estimate of drug-likeness (QED) is 0.0303. The van der Waals surface area contributed by atoms with E-state index in [0.29, 0.717) is 45.9 Å². The summed E-state index contributed by atoms with van der Waals surface area (Å²) in [5.74, 6) is -2.47. The number of thiophene rings is 1. The molecule has 3 unspecified atom stereocenters. The van der Waals surface area contributed by atoms with Crippen LogP contribution in [0.4, 0.5) is 28.9 Å². The Kier molecular flexibility index (Phi) is 45.9. The number of hydrazone groups is 2. The average molecular weight is 2650 g/mol. The maximum Gasteiger partial charge on any atom is 0.651 e. The van der Waals surface area contributed by atoms with Gasteiger partial charge in [0.15, 0.2) is 5.78 Å². The van der Waals surface area contributed by atoms with Crippen LogP contribution in [0.5, 0.6) is 0 Å². The fraction of sp³-hybridized carbons (Fsp3) is 0.188. The Bertz CT molecular complexity index is 7110. The maximum atomic E-state index is 13.2. The molecular formula is C112H101AlF4GdIr3N17O6S-5. The first-order chi connectivity index (χ1) is 67.7. The number of para-hydroxylation sites is 1. The van der Waals surface area contributed by atoms with Crippen LogP contribution in [0.2, 0.25) is 0 Å². The van der Waals surface area contributed by atoms with Crippen LogP contribution in [0.3, 0.4) is 0 Å². The molecule has 17 aromatic rings. The number of carbonyl (C=O) groups excluding carboxylic acids is 2. The van der Waals surface area contributed by atoms with Crippen LogP contribution in [0.1, 0.15) is 113 Å². The summed E-state index contributed by atoms with van der Waals surface area (Å²) >= 11 is 0.735. The van der Waals surface area contributed by atoms with E-state index in [1.165, 1.54) is 21.2 Å². The number of allylic oxidation sites excluding steroid dienone is 3. The number of aliphatic hydroxyl groups excluding tert-OH is 2. The second-order valence-corrected chi connectivity index (χ2v) is 37.2. The minimum Gasteiger partial charge on any atom is -0.574 e. The molecule has 1 fully saturated rings. The fourth-order valence-corrected chi connectivity index (χ4v) is 16.0. The molecule has 0 saturated carbocycles. The molecular weight excluding hydrogens is 2550 g/mol. The minimum absolute atomic E-state index is 0. The summed E-state index contributed by atoms with van der Waals surface area (Å²) in [7, 11) is 0. The second-order valence-electron chi connectivity index (χ2n) is 35.2. The van der Waals surface area contributed by atoms with Gasteiger partial charge in [-0.15, -0.1) is 47.9 Å². The van der Waals surface area contributed by atoms with E-state index in [9.17, 15) is 37.4 Å². The zero-order chi connectivity index (χ0) is 101. The Morgan fingerprint density at radius 1 is 0.524 bits per heavy atom. The number of anilines is 2. The number of amides is 1. The largest absolute Gasteiger partial charge is 0.651 e. The zero-order valence-corrected chi connectivity index (χ0v) is 93.0. The standard InChI is InChI=1S/C17H21N3O2.C15H9N4.C13H14N2O2.C13H8NS.C12H8N2.2C11H6F2N.C11H20O2.C9H8N3.Al.Gd.3Ir.H/c1-11-15(14(21)9-17(2,3)4)16(22)20(19-11)13-7-5-12(10-18)6-8-13;16-10-11-4-6-12(7-5-11)14-9-15(19-18-14)13-3-1-2-8-17-13;1-3-11(16)12-9(2)14-15(13(12)17)10-7-5-4-6-8-10;1-2-7-12-10(5-1)9-13(15-12)11-6-3-4-8-14-11;1-3-9-5-6-10-4-2-8-14-12(10)11(9)13-7-1;2*12-8-4-5-9(10(13)7-8)11-3-1-2-6-14-11;1-10(2,3)8(12)7-9(13)11(4,5)6;1-7-6-9(12-11-7)8-4-2-3-5-10-8;;;;;;/h5-8,14-16H,9H2,1-4H3;1-9H;4-8,16H,3H2,1-2H3;1-8H;1-8H;2*1-4,6-7H;7,12H,1-6H3;2-6H,1H3;;;;;;/q-2;-1;;-1;;2*-1;;-1;+2;;;;;. The number of hydrogen-bond acceptors (Lipinski definition) is 21. The van der Waals surface area contributed by atoms with E-state index in [2.05, 4.69) is 161 Å². The van der Waals surface area contributed by atoms with Crippen molar-refractivity contribution in [2.45, 2.75) is 115 Å². The summed E-state index contributed by atoms with van der Waals surface area (Å²) in [5.41, 5.74) is 14.5. The molecule has 3 radical (unpaired) electrons. The molecule has 3 atom stereocenters. The van der Waals surface area contributed by atoms with Crippen LogP contribution in [0.25, 0.3) is 99.0 Å². The number of carbonyl (C=O) groups is 2. The van der Waals surface area contributed by atoms with Crippen molar-refractivity contribution in [1.29, 1.82) is 10.5 Å². The number of nitriles is 2. The van der Waals surface area contributed by atoms with Crippen LogP contribution in [0, 0.1) is 133 Å². The molecule has 3 aliphatic rings. The molecule has 1 saturated heterocycles. The summed E-state index contributed by atoms with van der Waals surface area (Å²) < 4.78 is 64.9. The number of pyridine rings is 7. The van der Waals surface area contributed by atoms with Crippen molar-refractivity contribution < 1.29 is 145 Å². The number of rotatable bonds is 11. The van der Waals surface area contributed by atoms with Gasteiger partial charge in [0.25, 0.3) is 5.91 Å². The molecule has 3 aliphatic heterocycles. The number of ketones is 1. The first kappa shape index (κ1) is 118. The van der Waals surface area contributed by atoms with Crippen LogP contribution >= 0.6 is 11.3 Å².